The van der Waals surface area contributed by atoms with Crippen molar-refractivity contribution in [2.24, 2.45) is 0 Å². The third kappa shape index (κ3) is 5.40. The van der Waals surface area contributed by atoms with Crippen LogP contribution in [0.5, 0.6) is 0 Å². The molecule has 1 heteroatoms. The lowest BCUT2D eigenvalue weighted by atomic mass is 10.1. The van der Waals surface area contributed by atoms with E-state index < -0.39 is 0 Å². The van der Waals surface area contributed by atoms with Crippen LogP contribution in [0.1, 0.15) is 46.5 Å². The van der Waals surface area contributed by atoms with Gasteiger partial charge < -0.3 is 0 Å². The van der Waals surface area contributed by atoms with Crippen molar-refractivity contribution in [1.29, 1.82) is 0 Å². The Bertz CT molecular complexity index is 199. The minimum absolute atomic E-state index is 0.272. The van der Waals surface area contributed by atoms with Crippen molar-refractivity contribution >= 4 is 5.78 Å². The zero-order chi connectivity index (χ0) is 10.1. The third-order valence-corrected chi connectivity index (χ3v) is 1.92. The standard InChI is InChI=1S/C12H20O/c1-4-7-9-11(6-3)12(13)10-8-5-2/h6-7,9H,4-5,8,10H2,1-3H3/b9-7-,11-6+. The van der Waals surface area contributed by atoms with E-state index in [0.29, 0.717) is 6.42 Å². The van der Waals surface area contributed by atoms with Crippen molar-refractivity contribution in [3.05, 3.63) is 23.8 Å². The predicted molar refractivity (Wildman–Crippen MR) is 57.7 cm³/mol. The fraction of sp³-hybridized carbons (Fsp3) is 0.583. The second-order valence-corrected chi connectivity index (χ2v) is 3.08. The van der Waals surface area contributed by atoms with Crippen molar-refractivity contribution in [2.75, 3.05) is 0 Å². The van der Waals surface area contributed by atoms with Crippen molar-refractivity contribution in [1.82, 2.24) is 0 Å². The normalized spacial score (nSPS) is 12.4. The summed E-state index contributed by atoms with van der Waals surface area (Å²) < 4.78 is 0. The second kappa shape index (κ2) is 7.78. The highest BCUT2D eigenvalue weighted by Crippen LogP contribution is 2.06. The molecule has 0 rings (SSSR count). The number of unbranched alkanes of at least 4 members (excludes halogenated alkanes) is 1. The molecule has 0 saturated carbocycles. The number of Topliss-reactive ketones (excluding diaryl/α,β-unsaturated/α-hetero) is 1. The van der Waals surface area contributed by atoms with Crippen LogP contribution < -0.4 is 0 Å². The minimum atomic E-state index is 0.272. The highest BCUT2D eigenvalue weighted by molar-refractivity contribution is 5.97. The first-order valence-electron chi connectivity index (χ1n) is 5.12. The van der Waals surface area contributed by atoms with E-state index >= 15 is 0 Å². The van der Waals surface area contributed by atoms with Crippen LogP contribution in [0.15, 0.2) is 23.8 Å². The molecule has 0 aromatic carbocycles. The molecule has 0 radical (unpaired) electrons. The monoisotopic (exact) mass is 180 g/mol. The summed E-state index contributed by atoms with van der Waals surface area (Å²) in [6.07, 6.45) is 9.60. The van der Waals surface area contributed by atoms with Crippen LogP contribution in [-0.2, 0) is 4.79 Å². The van der Waals surface area contributed by atoms with Gasteiger partial charge in [0.25, 0.3) is 0 Å². The van der Waals surface area contributed by atoms with E-state index in [4.69, 9.17) is 0 Å². The fourth-order valence-electron chi connectivity index (χ4n) is 1.08. The van der Waals surface area contributed by atoms with Crippen LogP contribution in [0.25, 0.3) is 0 Å². The van der Waals surface area contributed by atoms with Crippen LogP contribution >= 0.6 is 0 Å². The number of rotatable bonds is 6. The fourth-order valence-corrected chi connectivity index (χ4v) is 1.08. The zero-order valence-electron chi connectivity index (χ0n) is 8.97. The average Bonchev–Trinajstić information content (AvgIpc) is 2.16. The largest absolute Gasteiger partial charge is 0.294 e. The molecule has 0 spiro atoms. The van der Waals surface area contributed by atoms with E-state index in [1.165, 1.54) is 0 Å². The van der Waals surface area contributed by atoms with E-state index in [0.717, 1.165) is 24.8 Å². The van der Waals surface area contributed by atoms with Crippen LogP contribution in [0, 0.1) is 0 Å². The van der Waals surface area contributed by atoms with Crippen molar-refractivity contribution in [2.45, 2.75) is 46.5 Å². The van der Waals surface area contributed by atoms with Crippen LogP contribution in [0.2, 0.25) is 0 Å². The Balaban J connectivity index is 4.09. The Morgan fingerprint density at radius 2 is 2.00 bits per heavy atom. The molecule has 0 bridgehead atoms. The molecule has 0 amide bonds. The average molecular weight is 180 g/mol. The maximum atomic E-state index is 11.5. The molecular formula is C12H20O. The molecule has 0 aromatic heterocycles. The van der Waals surface area contributed by atoms with Gasteiger partial charge in [-0.2, -0.15) is 0 Å². The lowest BCUT2D eigenvalue weighted by Crippen LogP contribution is -1.99. The number of carbonyl (C=O) groups excluding carboxylic acids is 1. The Labute approximate surface area is 81.5 Å². The minimum Gasteiger partial charge on any atom is -0.294 e. The van der Waals surface area contributed by atoms with Gasteiger partial charge in [-0.1, -0.05) is 38.5 Å². The van der Waals surface area contributed by atoms with Gasteiger partial charge in [-0.25, -0.2) is 0 Å². The predicted octanol–water partition coefficient (Wildman–Crippen LogP) is 3.66. The summed E-state index contributed by atoms with van der Waals surface area (Å²) in [6, 6.07) is 0. The summed E-state index contributed by atoms with van der Waals surface area (Å²) in [5.74, 6) is 0.272. The van der Waals surface area contributed by atoms with Gasteiger partial charge in [0, 0.05) is 12.0 Å². The topological polar surface area (TPSA) is 17.1 Å². The first-order chi connectivity index (χ1) is 6.26. The smallest absolute Gasteiger partial charge is 0.162 e. The van der Waals surface area contributed by atoms with E-state index in [1.54, 1.807) is 0 Å². The molecule has 74 valence electrons. The summed E-state index contributed by atoms with van der Waals surface area (Å²) in [4.78, 5) is 11.5. The number of allylic oxidation sites excluding steroid dienone is 4. The Morgan fingerprint density at radius 3 is 2.46 bits per heavy atom. The molecule has 0 saturated heterocycles. The third-order valence-electron chi connectivity index (χ3n) is 1.92. The molecule has 0 aliphatic carbocycles. The molecule has 0 atom stereocenters. The lowest BCUT2D eigenvalue weighted by Gasteiger charge is -1.99. The number of hydrogen-bond acceptors (Lipinski definition) is 1. The van der Waals surface area contributed by atoms with E-state index in [2.05, 4.69) is 13.8 Å². The molecule has 0 aliphatic rings. The summed E-state index contributed by atoms with van der Waals surface area (Å²) in [6.45, 7) is 6.09. The van der Waals surface area contributed by atoms with Crippen molar-refractivity contribution < 1.29 is 4.79 Å². The van der Waals surface area contributed by atoms with E-state index in [1.807, 2.05) is 25.2 Å². The lowest BCUT2D eigenvalue weighted by molar-refractivity contribution is -0.115. The number of ketones is 1. The van der Waals surface area contributed by atoms with Gasteiger partial charge in [0.15, 0.2) is 5.78 Å². The summed E-state index contributed by atoms with van der Waals surface area (Å²) in [5.41, 5.74) is 0.857. The van der Waals surface area contributed by atoms with Crippen LogP contribution in [0.3, 0.4) is 0 Å². The SMILES string of the molecule is C/C=C(\C=C/CC)C(=O)CCCC. The molecule has 1 nitrogen and oxygen atoms in total. The first kappa shape index (κ1) is 12.2. The summed E-state index contributed by atoms with van der Waals surface area (Å²) in [7, 11) is 0. The molecule has 13 heavy (non-hydrogen) atoms. The van der Waals surface area contributed by atoms with Gasteiger partial charge in [-0.3, -0.25) is 4.79 Å². The summed E-state index contributed by atoms with van der Waals surface area (Å²) in [5, 5.41) is 0. The number of hydrogen-bond donors (Lipinski definition) is 0. The van der Waals surface area contributed by atoms with Gasteiger partial charge in [0.05, 0.1) is 0 Å². The Kier molecular flexibility index (Phi) is 7.27. The number of carbonyl (C=O) groups is 1. The van der Waals surface area contributed by atoms with Crippen molar-refractivity contribution in [3.63, 3.8) is 0 Å². The van der Waals surface area contributed by atoms with E-state index in [9.17, 15) is 4.79 Å². The molecule has 0 N–H and O–H groups in total. The van der Waals surface area contributed by atoms with Gasteiger partial charge in [-0.05, 0) is 19.8 Å². The molecule has 0 aromatic rings. The maximum absolute atomic E-state index is 11.5. The van der Waals surface area contributed by atoms with Gasteiger partial charge in [-0.15, -0.1) is 0 Å². The molecule has 0 unspecified atom stereocenters. The molecular weight excluding hydrogens is 160 g/mol. The van der Waals surface area contributed by atoms with Gasteiger partial charge >= 0.3 is 0 Å². The summed E-state index contributed by atoms with van der Waals surface area (Å²) >= 11 is 0. The molecule has 0 fully saturated rings. The highest BCUT2D eigenvalue weighted by atomic mass is 16.1. The molecule has 0 aliphatic heterocycles. The molecule has 0 heterocycles. The Hall–Kier alpha value is -0.850. The van der Waals surface area contributed by atoms with Crippen LogP contribution in [-0.4, -0.2) is 5.78 Å². The first-order valence-corrected chi connectivity index (χ1v) is 5.12. The zero-order valence-corrected chi connectivity index (χ0v) is 8.97. The van der Waals surface area contributed by atoms with Gasteiger partial charge in [0.2, 0.25) is 0 Å². The Morgan fingerprint density at radius 1 is 1.31 bits per heavy atom. The quantitative estimate of drug-likeness (QED) is 0.450. The maximum Gasteiger partial charge on any atom is 0.162 e. The van der Waals surface area contributed by atoms with Crippen LogP contribution in [0.4, 0.5) is 0 Å². The van der Waals surface area contributed by atoms with Gasteiger partial charge in [0.1, 0.15) is 0 Å². The second-order valence-electron chi connectivity index (χ2n) is 3.08. The van der Waals surface area contributed by atoms with Crippen molar-refractivity contribution in [3.8, 4) is 0 Å². The highest BCUT2D eigenvalue weighted by Gasteiger charge is 2.03. The van der Waals surface area contributed by atoms with E-state index in [-0.39, 0.29) is 5.78 Å².